The van der Waals surface area contributed by atoms with E-state index in [0.717, 1.165) is 18.4 Å². The molecule has 190 valence electrons. The van der Waals surface area contributed by atoms with Gasteiger partial charge in [0.1, 0.15) is 5.75 Å². The molecule has 7 heteroatoms. The molecule has 0 saturated heterocycles. The standard InChI is InChI=1S/C29H35N3O4/c1-29(2,32-19-27(35)23-13-14-26(34)25(17-23)31-20-33)18-22-10-6-12-24(16-22)28(36)30-15-7-11-21-8-4-3-5-9-21/h3-6,8-10,12-14,16-17,20,27,32,34-35H,7,11,15,18-19H2,1-2H3,(H,30,36)(H,31,33)/t27-/m1/s1. The molecule has 5 N–H and O–H groups in total. The van der Waals surface area contributed by atoms with Gasteiger partial charge in [-0.1, -0.05) is 48.5 Å². The summed E-state index contributed by atoms with van der Waals surface area (Å²) in [4.78, 5) is 23.3. The first-order chi connectivity index (χ1) is 17.3. The fraction of sp³-hybridized carbons (Fsp3) is 0.310. The van der Waals surface area contributed by atoms with Gasteiger partial charge in [0.25, 0.3) is 5.91 Å². The summed E-state index contributed by atoms with van der Waals surface area (Å²) in [6.45, 7) is 4.96. The van der Waals surface area contributed by atoms with E-state index in [4.69, 9.17) is 0 Å². The zero-order valence-electron chi connectivity index (χ0n) is 20.8. The van der Waals surface area contributed by atoms with Gasteiger partial charge < -0.3 is 26.2 Å². The van der Waals surface area contributed by atoms with Crippen LogP contribution in [0, 0.1) is 0 Å². The number of aryl methyl sites for hydroxylation is 1. The highest BCUT2D eigenvalue weighted by Crippen LogP contribution is 2.27. The minimum Gasteiger partial charge on any atom is -0.506 e. The quantitative estimate of drug-likeness (QED) is 0.142. The maximum Gasteiger partial charge on any atom is 0.251 e. The lowest BCUT2D eigenvalue weighted by atomic mass is 9.93. The molecule has 0 aromatic heterocycles. The lowest BCUT2D eigenvalue weighted by Gasteiger charge is -2.28. The maximum atomic E-state index is 12.6. The Labute approximate surface area is 212 Å². The van der Waals surface area contributed by atoms with Gasteiger partial charge in [-0.2, -0.15) is 0 Å². The van der Waals surface area contributed by atoms with Crippen molar-refractivity contribution in [1.29, 1.82) is 0 Å². The fourth-order valence-corrected chi connectivity index (χ4v) is 4.07. The predicted molar refractivity (Wildman–Crippen MR) is 142 cm³/mol. The number of carbonyl (C=O) groups excluding carboxylic acids is 2. The molecular formula is C29H35N3O4. The summed E-state index contributed by atoms with van der Waals surface area (Å²) in [5.41, 5.74) is 3.37. The summed E-state index contributed by atoms with van der Waals surface area (Å²) < 4.78 is 0. The number of phenols is 1. The molecule has 36 heavy (non-hydrogen) atoms. The van der Waals surface area contributed by atoms with E-state index >= 15 is 0 Å². The molecule has 0 aliphatic heterocycles. The highest BCUT2D eigenvalue weighted by Gasteiger charge is 2.21. The summed E-state index contributed by atoms with van der Waals surface area (Å²) in [5, 5.41) is 29.2. The zero-order chi connectivity index (χ0) is 26.0. The van der Waals surface area contributed by atoms with Crippen molar-refractivity contribution in [2.24, 2.45) is 0 Å². The molecule has 3 aromatic rings. The van der Waals surface area contributed by atoms with Crippen LogP contribution in [0.15, 0.2) is 72.8 Å². The Morgan fingerprint density at radius 2 is 1.75 bits per heavy atom. The minimum atomic E-state index is -0.829. The van der Waals surface area contributed by atoms with Gasteiger partial charge in [-0.25, -0.2) is 0 Å². The first-order valence-corrected chi connectivity index (χ1v) is 12.1. The number of benzene rings is 3. The number of hydrogen-bond donors (Lipinski definition) is 5. The third-order valence-corrected chi connectivity index (χ3v) is 6.00. The van der Waals surface area contributed by atoms with Crippen molar-refractivity contribution in [2.75, 3.05) is 18.4 Å². The zero-order valence-corrected chi connectivity index (χ0v) is 20.8. The van der Waals surface area contributed by atoms with E-state index in [2.05, 4.69) is 28.1 Å². The number of β-amino-alcohol motifs (C(OH)–C–C–N with tert-alkyl or cyclic N) is 1. The largest absolute Gasteiger partial charge is 0.506 e. The van der Waals surface area contributed by atoms with E-state index < -0.39 is 6.10 Å². The number of anilines is 1. The Hall–Kier alpha value is -3.68. The van der Waals surface area contributed by atoms with Crippen molar-refractivity contribution < 1.29 is 19.8 Å². The third kappa shape index (κ3) is 8.22. The summed E-state index contributed by atoms with van der Waals surface area (Å²) in [6, 6.07) is 22.4. The van der Waals surface area contributed by atoms with Crippen LogP contribution in [-0.4, -0.2) is 41.2 Å². The van der Waals surface area contributed by atoms with Crippen LogP contribution in [0.25, 0.3) is 0 Å². The monoisotopic (exact) mass is 489 g/mol. The van der Waals surface area contributed by atoms with E-state index in [1.807, 2.05) is 56.3 Å². The summed E-state index contributed by atoms with van der Waals surface area (Å²) in [6.07, 6.45) is 2.10. The highest BCUT2D eigenvalue weighted by molar-refractivity contribution is 5.94. The van der Waals surface area contributed by atoms with E-state index in [1.54, 1.807) is 12.1 Å². The number of aromatic hydroxyl groups is 1. The van der Waals surface area contributed by atoms with Crippen molar-refractivity contribution in [3.05, 3.63) is 95.1 Å². The van der Waals surface area contributed by atoms with E-state index in [9.17, 15) is 19.8 Å². The Bertz CT molecular complexity index is 1150. The Morgan fingerprint density at radius 3 is 2.50 bits per heavy atom. The second-order valence-corrected chi connectivity index (χ2v) is 9.54. The van der Waals surface area contributed by atoms with Crippen LogP contribution in [0.2, 0.25) is 0 Å². The lowest BCUT2D eigenvalue weighted by Crippen LogP contribution is -2.43. The molecule has 0 bridgehead atoms. The number of aliphatic hydroxyl groups is 1. The third-order valence-electron chi connectivity index (χ3n) is 6.00. The second kappa shape index (κ2) is 12.9. The van der Waals surface area contributed by atoms with Crippen LogP contribution in [0.4, 0.5) is 5.69 Å². The molecule has 0 spiro atoms. The van der Waals surface area contributed by atoms with E-state index in [-0.39, 0.29) is 29.4 Å². The molecule has 7 nitrogen and oxygen atoms in total. The van der Waals surface area contributed by atoms with E-state index in [0.29, 0.717) is 30.5 Å². The fourth-order valence-electron chi connectivity index (χ4n) is 4.07. The van der Waals surface area contributed by atoms with Crippen molar-refractivity contribution in [3.8, 4) is 5.75 Å². The van der Waals surface area contributed by atoms with Crippen molar-refractivity contribution >= 4 is 18.0 Å². The summed E-state index contributed by atoms with van der Waals surface area (Å²) >= 11 is 0. The first kappa shape index (κ1) is 26.9. The molecule has 0 aliphatic carbocycles. The number of rotatable bonds is 13. The van der Waals surface area contributed by atoms with Crippen LogP contribution in [0.3, 0.4) is 0 Å². The van der Waals surface area contributed by atoms with E-state index in [1.165, 1.54) is 11.6 Å². The van der Waals surface area contributed by atoms with Crippen molar-refractivity contribution in [1.82, 2.24) is 10.6 Å². The predicted octanol–water partition coefficient (Wildman–Crippen LogP) is 3.97. The first-order valence-electron chi connectivity index (χ1n) is 12.1. The number of phenolic OH excluding ortho intramolecular Hbond substituents is 1. The number of nitrogens with one attached hydrogen (secondary N) is 3. The Morgan fingerprint density at radius 1 is 1.00 bits per heavy atom. The molecule has 0 fully saturated rings. The average molecular weight is 490 g/mol. The Kier molecular flexibility index (Phi) is 9.61. The molecule has 0 saturated carbocycles. The topological polar surface area (TPSA) is 111 Å². The van der Waals surface area contributed by atoms with Crippen LogP contribution in [0.1, 0.15) is 53.4 Å². The Balaban J connectivity index is 1.50. The number of amides is 2. The summed E-state index contributed by atoms with van der Waals surface area (Å²) in [7, 11) is 0. The minimum absolute atomic E-state index is 0.0635. The molecule has 3 rings (SSSR count). The average Bonchev–Trinajstić information content (AvgIpc) is 2.87. The number of carbonyl (C=O) groups is 2. The molecule has 0 heterocycles. The lowest BCUT2D eigenvalue weighted by molar-refractivity contribution is -0.105. The SMILES string of the molecule is CC(C)(Cc1cccc(C(=O)NCCCc2ccccc2)c1)NC[C@@H](O)c1ccc(O)c(NC=O)c1. The van der Waals surface area contributed by atoms with Gasteiger partial charge in [-0.3, -0.25) is 9.59 Å². The molecular weight excluding hydrogens is 454 g/mol. The van der Waals surface area contributed by atoms with Crippen molar-refractivity contribution in [2.45, 2.75) is 44.8 Å². The number of hydrogen-bond acceptors (Lipinski definition) is 5. The number of aliphatic hydroxyl groups excluding tert-OH is 1. The van der Waals surface area contributed by atoms with Crippen molar-refractivity contribution in [3.63, 3.8) is 0 Å². The highest BCUT2D eigenvalue weighted by atomic mass is 16.3. The molecule has 0 aliphatic rings. The molecule has 2 amide bonds. The van der Waals surface area contributed by atoms with Gasteiger partial charge in [0.05, 0.1) is 11.8 Å². The molecule has 3 aromatic carbocycles. The van der Waals surface area contributed by atoms with Gasteiger partial charge in [0, 0.05) is 24.2 Å². The second-order valence-electron chi connectivity index (χ2n) is 9.54. The molecule has 1 atom stereocenters. The van der Waals surface area contributed by atoms with Crippen LogP contribution >= 0.6 is 0 Å². The smallest absolute Gasteiger partial charge is 0.251 e. The molecule has 0 unspecified atom stereocenters. The summed E-state index contributed by atoms with van der Waals surface area (Å²) in [5.74, 6) is -0.149. The van der Waals surface area contributed by atoms with Gasteiger partial charge in [-0.15, -0.1) is 0 Å². The van der Waals surface area contributed by atoms with Gasteiger partial charge in [0.2, 0.25) is 6.41 Å². The van der Waals surface area contributed by atoms with Crippen LogP contribution in [0.5, 0.6) is 5.75 Å². The van der Waals surface area contributed by atoms with Crippen LogP contribution in [-0.2, 0) is 17.6 Å². The van der Waals surface area contributed by atoms with Gasteiger partial charge in [-0.05, 0) is 74.1 Å². The van der Waals surface area contributed by atoms with Crippen LogP contribution < -0.4 is 16.0 Å². The normalized spacial score (nSPS) is 12.1. The van der Waals surface area contributed by atoms with Gasteiger partial charge in [0.15, 0.2) is 0 Å². The maximum absolute atomic E-state index is 12.6. The van der Waals surface area contributed by atoms with Gasteiger partial charge >= 0.3 is 0 Å². The molecule has 0 radical (unpaired) electrons.